The normalized spacial score (nSPS) is 13.7. The molecular formula is C13H21FN2O2S. The van der Waals surface area contributed by atoms with Gasteiger partial charge < -0.3 is 4.90 Å². The van der Waals surface area contributed by atoms with Crippen LogP contribution in [0.5, 0.6) is 0 Å². The van der Waals surface area contributed by atoms with Gasteiger partial charge in [0.1, 0.15) is 5.82 Å². The first kappa shape index (κ1) is 16.1. The van der Waals surface area contributed by atoms with E-state index in [9.17, 15) is 12.8 Å². The number of rotatable bonds is 7. The molecule has 0 heterocycles. The number of hydrogen-bond acceptors (Lipinski definition) is 3. The van der Waals surface area contributed by atoms with Crippen molar-refractivity contribution >= 4 is 10.0 Å². The van der Waals surface area contributed by atoms with Crippen molar-refractivity contribution in [3.63, 3.8) is 0 Å². The van der Waals surface area contributed by atoms with Crippen LogP contribution in [0.15, 0.2) is 29.2 Å². The van der Waals surface area contributed by atoms with Crippen LogP contribution in [0.25, 0.3) is 0 Å². The molecule has 0 spiro atoms. The van der Waals surface area contributed by atoms with Crippen LogP contribution in [0, 0.1) is 5.82 Å². The van der Waals surface area contributed by atoms with E-state index < -0.39 is 15.8 Å². The Morgan fingerprint density at radius 3 is 2.21 bits per heavy atom. The Labute approximate surface area is 114 Å². The largest absolute Gasteiger partial charge is 0.302 e. The highest BCUT2D eigenvalue weighted by atomic mass is 32.2. The van der Waals surface area contributed by atoms with Gasteiger partial charge in [-0.3, -0.25) is 0 Å². The molecule has 0 fully saturated rings. The molecule has 0 aliphatic carbocycles. The molecule has 0 aliphatic rings. The van der Waals surface area contributed by atoms with Gasteiger partial charge in [-0.2, -0.15) is 0 Å². The summed E-state index contributed by atoms with van der Waals surface area (Å²) in [4.78, 5) is 2.22. The average molecular weight is 288 g/mol. The van der Waals surface area contributed by atoms with Gasteiger partial charge in [-0.25, -0.2) is 17.5 Å². The molecule has 19 heavy (non-hydrogen) atoms. The van der Waals surface area contributed by atoms with E-state index >= 15 is 0 Å². The summed E-state index contributed by atoms with van der Waals surface area (Å²) in [5.74, 6) is -0.449. The Kier molecular flexibility index (Phi) is 5.90. The summed E-state index contributed by atoms with van der Waals surface area (Å²) >= 11 is 0. The number of nitrogens with one attached hydrogen (secondary N) is 1. The van der Waals surface area contributed by atoms with Crippen molar-refractivity contribution in [2.45, 2.75) is 31.7 Å². The highest BCUT2D eigenvalue weighted by molar-refractivity contribution is 7.89. The lowest BCUT2D eigenvalue weighted by Gasteiger charge is -2.23. The van der Waals surface area contributed by atoms with E-state index in [4.69, 9.17) is 0 Å². The quantitative estimate of drug-likeness (QED) is 0.833. The van der Waals surface area contributed by atoms with Gasteiger partial charge >= 0.3 is 0 Å². The molecule has 1 unspecified atom stereocenters. The Balaban J connectivity index is 2.71. The molecule has 6 heteroatoms. The van der Waals surface area contributed by atoms with Gasteiger partial charge in [-0.1, -0.05) is 13.8 Å². The third-order valence-electron chi connectivity index (χ3n) is 2.91. The third-order valence-corrected chi connectivity index (χ3v) is 4.51. The first-order valence-corrected chi connectivity index (χ1v) is 7.87. The molecule has 1 aromatic carbocycles. The van der Waals surface area contributed by atoms with Crippen LogP contribution in [-0.2, 0) is 10.0 Å². The Morgan fingerprint density at radius 2 is 1.74 bits per heavy atom. The molecule has 1 aromatic rings. The zero-order valence-electron chi connectivity index (χ0n) is 11.6. The van der Waals surface area contributed by atoms with E-state index in [0.29, 0.717) is 6.54 Å². The fraction of sp³-hybridized carbons (Fsp3) is 0.538. The fourth-order valence-electron chi connectivity index (χ4n) is 1.85. The monoisotopic (exact) mass is 288 g/mol. The lowest BCUT2D eigenvalue weighted by atomic mass is 10.3. The van der Waals surface area contributed by atoms with Gasteiger partial charge in [0, 0.05) is 12.6 Å². The van der Waals surface area contributed by atoms with Crippen molar-refractivity contribution in [2.24, 2.45) is 0 Å². The van der Waals surface area contributed by atoms with E-state index in [1.54, 1.807) is 0 Å². The number of halogens is 1. The summed E-state index contributed by atoms with van der Waals surface area (Å²) in [5, 5.41) is 0. The molecule has 0 aliphatic heterocycles. The van der Waals surface area contributed by atoms with E-state index in [0.717, 1.165) is 25.2 Å². The van der Waals surface area contributed by atoms with Crippen LogP contribution in [0.4, 0.5) is 4.39 Å². The standard InChI is InChI=1S/C13H21FN2O2S/c1-4-16(5-2)10-11(3)15-19(17,18)13-8-6-12(14)7-9-13/h6-9,11,15H,4-5,10H2,1-3H3. The molecule has 0 radical (unpaired) electrons. The number of hydrogen-bond donors (Lipinski definition) is 1. The number of sulfonamides is 1. The van der Waals surface area contributed by atoms with Crippen LogP contribution in [-0.4, -0.2) is 39.0 Å². The second-order valence-corrected chi connectivity index (χ2v) is 6.18. The highest BCUT2D eigenvalue weighted by Gasteiger charge is 2.18. The SMILES string of the molecule is CCN(CC)CC(C)NS(=O)(=O)c1ccc(F)cc1. The van der Waals surface area contributed by atoms with Crippen molar-refractivity contribution in [3.05, 3.63) is 30.1 Å². The predicted octanol–water partition coefficient (Wildman–Crippen LogP) is 1.83. The molecule has 0 saturated heterocycles. The molecule has 0 saturated carbocycles. The Bertz CT molecular complexity index is 484. The van der Waals surface area contributed by atoms with Crippen molar-refractivity contribution in [2.75, 3.05) is 19.6 Å². The van der Waals surface area contributed by atoms with E-state index in [-0.39, 0.29) is 10.9 Å². The lowest BCUT2D eigenvalue weighted by molar-refractivity contribution is 0.282. The van der Waals surface area contributed by atoms with Crippen LogP contribution in [0.2, 0.25) is 0 Å². The third kappa shape index (κ3) is 4.89. The summed E-state index contributed by atoms with van der Waals surface area (Å²) < 4.78 is 39.5. The minimum Gasteiger partial charge on any atom is -0.302 e. The molecule has 1 atom stereocenters. The number of likely N-dealkylation sites (N-methyl/N-ethyl adjacent to an activating group) is 1. The van der Waals surface area contributed by atoms with Crippen LogP contribution < -0.4 is 4.72 Å². The summed E-state index contributed by atoms with van der Waals surface area (Å²) in [6.45, 7) is 8.28. The predicted molar refractivity (Wildman–Crippen MR) is 74.0 cm³/mol. The topological polar surface area (TPSA) is 49.4 Å². The van der Waals surface area contributed by atoms with Gasteiger partial charge in [0.25, 0.3) is 0 Å². The van der Waals surface area contributed by atoms with E-state index in [1.165, 1.54) is 12.1 Å². The average Bonchev–Trinajstić information content (AvgIpc) is 2.35. The zero-order chi connectivity index (χ0) is 14.5. The highest BCUT2D eigenvalue weighted by Crippen LogP contribution is 2.10. The van der Waals surface area contributed by atoms with Crippen LogP contribution >= 0.6 is 0 Å². The van der Waals surface area contributed by atoms with Gasteiger partial charge in [-0.05, 0) is 44.3 Å². The lowest BCUT2D eigenvalue weighted by Crippen LogP contribution is -2.41. The molecule has 1 N–H and O–H groups in total. The maximum absolute atomic E-state index is 12.8. The molecule has 1 rings (SSSR count). The number of benzene rings is 1. The van der Waals surface area contributed by atoms with Gasteiger partial charge in [0.2, 0.25) is 10.0 Å². The van der Waals surface area contributed by atoms with Crippen LogP contribution in [0.3, 0.4) is 0 Å². The van der Waals surface area contributed by atoms with Crippen molar-refractivity contribution in [1.29, 1.82) is 0 Å². The summed E-state index contributed by atoms with van der Waals surface area (Å²) in [5.41, 5.74) is 0. The minimum atomic E-state index is -3.58. The van der Waals surface area contributed by atoms with Crippen LogP contribution in [0.1, 0.15) is 20.8 Å². The first-order valence-electron chi connectivity index (χ1n) is 6.39. The minimum absolute atomic E-state index is 0.0836. The number of nitrogens with zero attached hydrogens (tertiary/aromatic N) is 1. The fourth-order valence-corrected chi connectivity index (χ4v) is 3.09. The second-order valence-electron chi connectivity index (χ2n) is 4.46. The van der Waals surface area contributed by atoms with E-state index in [2.05, 4.69) is 9.62 Å². The van der Waals surface area contributed by atoms with E-state index in [1.807, 2.05) is 20.8 Å². The van der Waals surface area contributed by atoms with Crippen molar-refractivity contribution in [3.8, 4) is 0 Å². The maximum Gasteiger partial charge on any atom is 0.240 e. The molecule has 108 valence electrons. The molecule has 4 nitrogen and oxygen atoms in total. The van der Waals surface area contributed by atoms with Gasteiger partial charge in [0.05, 0.1) is 4.90 Å². The van der Waals surface area contributed by atoms with Crippen molar-refractivity contribution < 1.29 is 12.8 Å². The Hall–Kier alpha value is -0.980. The summed E-state index contributed by atoms with van der Waals surface area (Å²) in [6, 6.07) is 4.62. The molecule has 0 bridgehead atoms. The van der Waals surface area contributed by atoms with Gasteiger partial charge in [0.15, 0.2) is 0 Å². The smallest absolute Gasteiger partial charge is 0.240 e. The first-order chi connectivity index (χ1) is 8.89. The molecular weight excluding hydrogens is 267 g/mol. The second kappa shape index (κ2) is 6.98. The molecule has 0 amide bonds. The maximum atomic E-state index is 12.8. The summed E-state index contributed by atoms with van der Waals surface area (Å²) in [6.07, 6.45) is 0. The Morgan fingerprint density at radius 1 is 1.21 bits per heavy atom. The summed E-state index contributed by atoms with van der Waals surface area (Å²) in [7, 11) is -3.58. The zero-order valence-corrected chi connectivity index (χ0v) is 12.4. The van der Waals surface area contributed by atoms with Crippen molar-refractivity contribution in [1.82, 2.24) is 9.62 Å². The molecule has 0 aromatic heterocycles. The van der Waals surface area contributed by atoms with Gasteiger partial charge in [-0.15, -0.1) is 0 Å².